The summed E-state index contributed by atoms with van der Waals surface area (Å²) in [4.78, 5) is 2.31. The van der Waals surface area contributed by atoms with E-state index < -0.39 is 0 Å². The molecule has 3 rings (SSSR count). The average molecular weight is 289 g/mol. The summed E-state index contributed by atoms with van der Waals surface area (Å²) in [5, 5.41) is 8.11. The summed E-state index contributed by atoms with van der Waals surface area (Å²) in [6, 6.07) is 6.73. The second kappa shape index (κ2) is 5.91. The van der Waals surface area contributed by atoms with Crippen LogP contribution >= 0.6 is 0 Å². The number of benzene rings is 1. The Labute approximate surface area is 123 Å². The summed E-state index contributed by atoms with van der Waals surface area (Å²) >= 11 is 0. The minimum Gasteiger partial charge on any atom is -0.326 e. The molecule has 0 radical (unpaired) electrons. The number of hydrogen-bond acceptors (Lipinski definition) is 4. The molecule has 0 saturated carbocycles. The predicted octanol–water partition coefficient (Wildman–Crippen LogP) is 1.71. The summed E-state index contributed by atoms with van der Waals surface area (Å²) in [5.74, 6) is 0.734. The Morgan fingerprint density at radius 3 is 2.76 bits per heavy atom. The Balaban J connectivity index is 1.88. The first-order chi connectivity index (χ1) is 10.2. The fourth-order valence-electron chi connectivity index (χ4n) is 2.93. The lowest BCUT2D eigenvalue weighted by Gasteiger charge is -2.37. The van der Waals surface area contributed by atoms with Crippen molar-refractivity contribution in [3.05, 3.63) is 47.8 Å². The van der Waals surface area contributed by atoms with Crippen LogP contribution < -0.4 is 5.73 Å². The fourth-order valence-corrected chi connectivity index (χ4v) is 2.93. The maximum absolute atomic E-state index is 13.2. The smallest absolute Gasteiger partial charge is 0.147 e. The van der Waals surface area contributed by atoms with Crippen LogP contribution in [-0.4, -0.2) is 32.3 Å². The number of rotatable bonds is 4. The summed E-state index contributed by atoms with van der Waals surface area (Å²) < 4.78 is 15.2. The lowest BCUT2D eigenvalue weighted by Crippen LogP contribution is -2.44. The van der Waals surface area contributed by atoms with Gasteiger partial charge >= 0.3 is 0 Å². The largest absolute Gasteiger partial charge is 0.326 e. The van der Waals surface area contributed by atoms with E-state index in [9.17, 15) is 4.39 Å². The van der Waals surface area contributed by atoms with Crippen molar-refractivity contribution in [1.82, 2.24) is 19.7 Å². The Morgan fingerprint density at radius 2 is 2.05 bits per heavy atom. The van der Waals surface area contributed by atoms with E-state index in [4.69, 9.17) is 5.73 Å². The van der Waals surface area contributed by atoms with Crippen LogP contribution in [0.1, 0.15) is 30.8 Å². The third-order valence-corrected chi connectivity index (χ3v) is 4.15. The molecule has 1 aromatic carbocycles. The third-order valence-electron chi connectivity index (χ3n) is 4.15. The van der Waals surface area contributed by atoms with Gasteiger partial charge in [0.25, 0.3) is 0 Å². The molecule has 112 valence electrons. The van der Waals surface area contributed by atoms with E-state index in [1.54, 1.807) is 6.33 Å². The van der Waals surface area contributed by atoms with Crippen molar-refractivity contribution in [3.63, 3.8) is 0 Å². The van der Waals surface area contributed by atoms with Crippen molar-refractivity contribution in [2.45, 2.75) is 38.5 Å². The molecule has 0 saturated heterocycles. The number of nitrogens with zero attached hydrogens (tertiary/aromatic N) is 4. The molecule has 0 fully saturated rings. The van der Waals surface area contributed by atoms with E-state index >= 15 is 0 Å². The zero-order valence-corrected chi connectivity index (χ0v) is 12.1. The summed E-state index contributed by atoms with van der Waals surface area (Å²) in [6.45, 7) is 4.54. The number of hydrogen-bond donors (Lipinski definition) is 1. The lowest BCUT2D eigenvalue weighted by molar-refractivity contribution is 0.130. The third kappa shape index (κ3) is 2.82. The van der Waals surface area contributed by atoms with Gasteiger partial charge in [0.05, 0.1) is 12.6 Å². The maximum atomic E-state index is 13.2. The molecule has 6 heteroatoms. The topological polar surface area (TPSA) is 60.0 Å². The summed E-state index contributed by atoms with van der Waals surface area (Å²) in [6.07, 6.45) is 2.63. The van der Waals surface area contributed by atoms with Crippen LogP contribution in [0.15, 0.2) is 30.6 Å². The van der Waals surface area contributed by atoms with Crippen LogP contribution in [0.3, 0.4) is 0 Å². The quantitative estimate of drug-likeness (QED) is 0.931. The molecule has 2 unspecified atom stereocenters. The Morgan fingerprint density at radius 1 is 1.29 bits per heavy atom. The van der Waals surface area contributed by atoms with Gasteiger partial charge in [-0.15, -0.1) is 10.2 Å². The van der Waals surface area contributed by atoms with Crippen LogP contribution in [0.5, 0.6) is 0 Å². The van der Waals surface area contributed by atoms with Crippen molar-refractivity contribution in [1.29, 1.82) is 0 Å². The minimum atomic E-state index is -0.221. The zero-order chi connectivity index (χ0) is 14.8. The van der Waals surface area contributed by atoms with E-state index in [0.29, 0.717) is 0 Å². The maximum Gasteiger partial charge on any atom is 0.147 e. The van der Waals surface area contributed by atoms with Gasteiger partial charge in [0.2, 0.25) is 0 Å². The second-order valence-corrected chi connectivity index (χ2v) is 5.48. The number of fused-ring (bicyclic) bond motifs is 1. The van der Waals surface area contributed by atoms with Crippen LogP contribution in [0, 0.1) is 5.82 Å². The van der Waals surface area contributed by atoms with Gasteiger partial charge in [-0.3, -0.25) is 4.90 Å². The molecule has 0 amide bonds. The monoisotopic (exact) mass is 289 g/mol. The van der Waals surface area contributed by atoms with Crippen molar-refractivity contribution < 1.29 is 4.39 Å². The zero-order valence-electron chi connectivity index (χ0n) is 12.1. The van der Waals surface area contributed by atoms with Crippen molar-refractivity contribution in [3.8, 4) is 0 Å². The van der Waals surface area contributed by atoms with Gasteiger partial charge in [0.1, 0.15) is 18.0 Å². The molecular weight excluding hydrogens is 269 g/mol. The van der Waals surface area contributed by atoms with Gasteiger partial charge < -0.3 is 10.3 Å². The lowest BCUT2D eigenvalue weighted by atomic mass is 9.95. The summed E-state index contributed by atoms with van der Waals surface area (Å²) in [7, 11) is 0. The van der Waals surface area contributed by atoms with Gasteiger partial charge in [-0.25, -0.2) is 4.39 Å². The second-order valence-electron chi connectivity index (χ2n) is 5.48. The molecular formula is C15H20FN5. The van der Waals surface area contributed by atoms with Crippen molar-refractivity contribution >= 4 is 0 Å². The Kier molecular flexibility index (Phi) is 3.98. The van der Waals surface area contributed by atoms with Gasteiger partial charge in [0, 0.05) is 19.1 Å². The Hall–Kier alpha value is -1.79. The molecule has 2 N–H and O–H groups in total. The van der Waals surface area contributed by atoms with Gasteiger partial charge in [0.15, 0.2) is 0 Å². The molecule has 0 bridgehead atoms. The van der Waals surface area contributed by atoms with Crippen molar-refractivity contribution in [2.24, 2.45) is 5.73 Å². The average Bonchev–Trinajstić information content (AvgIpc) is 2.97. The molecule has 1 aliphatic rings. The normalized spacial score (nSPS) is 18.2. The first-order valence-corrected chi connectivity index (χ1v) is 7.31. The van der Waals surface area contributed by atoms with E-state index in [1.165, 1.54) is 12.1 Å². The number of aromatic nitrogens is 3. The van der Waals surface area contributed by atoms with Crippen LogP contribution in [-0.2, 0) is 13.1 Å². The van der Waals surface area contributed by atoms with E-state index in [-0.39, 0.29) is 17.9 Å². The van der Waals surface area contributed by atoms with Gasteiger partial charge in [-0.1, -0.05) is 19.1 Å². The molecule has 0 aliphatic carbocycles. The SMILES string of the molecule is CCC(N)C(c1ccc(F)cc1)N1CCn2cnnc2C1. The Bertz CT molecular complexity index is 594. The molecule has 2 aromatic rings. The highest BCUT2D eigenvalue weighted by Crippen LogP contribution is 2.28. The number of halogens is 1. The molecule has 21 heavy (non-hydrogen) atoms. The summed E-state index contributed by atoms with van der Waals surface area (Å²) in [5.41, 5.74) is 7.39. The first kappa shape index (κ1) is 14.2. The fraction of sp³-hybridized carbons (Fsp3) is 0.467. The first-order valence-electron chi connectivity index (χ1n) is 7.31. The molecule has 2 atom stereocenters. The van der Waals surface area contributed by atoms with Crippen LogP contribution in [0.4, 0.5) is 4.39 Å². The highest BCUT2D eigenvalue weighted by atomic mass is 19.1. The van der Waals surface area contributed by atoms with E-state index in [2.05, 4.69) is 26.6 Å². The van der Waals surface area contributed by atoms with Crippen LogP contribution in [0.25, 0.3) is 0 Å². The minimum absolute atomic E-state index is 0.00457. The molecule has 5 nitrogen and oxygen atoms in total. The standard InChI is InChI=1S/C15H20FN5/c1-2-13(17)15(11-3-5-12(16)6-4-11)20-7-8-21-10-18-19-14(21)9-20/h3-6,10,13,15H,2,7-9,17H2,1H3. The molecule has 1 aromatic heterocycles. The highest BCUT2D eigenvalue weighted by Gasteiger charge is 2.29. The predicted molar refractivity (Wildman–Crippen MR) is 77.8 cm³/mol. The molecule has 0 spiro atoms. The number of nitrogens with two attached hydrogens (primary N) is 1. The molecule has 1 aliphatic heterocycles. The molecule has 2 heterocycles. The van der Waals surface area contributed by atoms with Gasteiger partial charge in [-0.2, -0.15) is 0 Å². The van der Waals surface area contributed by atoms with Crippen molar-refractivity contribution in [2.75, 3.05) is 6.54 Å². The van der Waals surface area contributed by atoms with Crippen LogP contribution in [0.2, 0.25) is 0 Å². The van der Waals surface area contributed by atoms with E-state index in [0.717, 1.165) is 37.4 Å². The highest BCUT2D eigenvalue weighted by molar-refractivity contribution is 5.22. The van der Waals surface area contributed by atoms with E-state index in [1.807, 2.05) is 12.1 Å². The van der Waals surface area contributed by atoms with Gasteiger partial charge in [-0.05, 0) is 24.1 Å².